The number of nitrogens with two attached hydrogens (primary N) is 1. The fourth-order valence-corrected chi connectivity index (χ4v) is 2.35. The molecule has 2 rings (SSSR count). The largest absolute Gasteiger partial charge is 0.494 e. The molecule has 2 N–H and O–H groups in total. The Hall–Kier alpha value is -1.06. The third-order valence-electron chi connectivity index (χ3n) is 3.49. The first kappa shape index (κ1) is 13.4. The quantitative estimate of drug-likeness (QED) is 0.786. The molecular weight excluding hydrogens is 224 g/mol. The highest BCUT2D eigenvalue weighted by Gasteiger charge is 2.10. The maximum absolute atomic E-state index is 5.81. The van der Waals surface area contributed by atoms with Gasteiger partial charge >= 0.3 is 0 Å². The average molecular weight is 248 g/mol. The molecule has 1 atom stereocenters. The van der Waals surface area contributed by atoms with Gasteiger partial charge in [0, 0.05) is 12.6 Å². The molecule has 3 heteroatoms. The van der Waals surface area contributed by atoms with Crippen molar-refractivity contribution in [2.45, 2.75) is 32.2 Å². The van der Waals surface area contributed by atoms with E-state index in [9.17, 15) is 0 Å². The van der Waals surface area contributed by atoms with Gasteiger partial charge in [-0.2, -0.15) is 0 Å². The van der Waals surface area contributed by atoms with E-state index in [1.54, 1.807) is 0 Å². The molecule has 1 fully saturated rings. The van der Waals surface area contributed by atoms with Gasteiger partial charge in [-0.25, -0.2) is 0 Å². The van der Waals surface area contributed by atoms with Gasteiger partial charge in [-0.05, 0) is 57.0 Å². The monoisotopic (exact) mass is 248 g/mol. The first-order valence-corrected chi connectivity index (χ1v) is 6.96. The summed E-state index contributed by atoms with van der Waals surface area (Å²) in [5.41, 5.74) is 6.96. The van der Waals surface area contributed by atoms with Gasteiger partial charge in [0.25, 0.3) is 0 Å². The fraction of sp³-hybridized carbons (Fsp3) is 0.600. The minimum absolute atomic E-state index is 0.0919. The van der Waals surface area contributed by atoms with Crippen LogP contribution in [0, 0.1) is 0 Å². The summed E-state index contributed by atoms with van der Waals surface area (Å²) < 4.78 is 5.73. The van der Waals surface area contributed by atoms with Crippen LogP contribution in [0.4, 0.5) is 0 Å². The summed E-state index contributed by atoms with van der Waals surface area (Å²) in [5, 5.41) is 0. The molecule has 1 aliphatic rings. The zero-order chi connectivity index (χ0) is 12.8. The summed E-state index contributed by atoms with van der Waals surface area (Å²) in [7, 11) is 0. The number of benzene rings is 1. The van der Waals surface area contributed by atoms with E-state index in [1.165, 1.54) is 25.9 Å². The van der Waals surface area contributed by atoms with Gasteiger partial charge in [-0.3, -0.25) is 0 Å². The Labute approximate surface area is 110 Å². The Morgan fingerprint density at radius 1 is 1.22 bits per heavy atom. The topological polar surface area (TPSA) is 38.5 Å². The molecule has 18 heavy (non-hydrogen) atoms. The smallest absolute Gasteiger partial charge is 0.119 e. The number of nitrogens with zero attached hydrogens (tertiary/aromatic N) is 1. The molecule has 0 saturated carbocycles. The highest BCUT2D eigenvalue weighted by molar-refractivity contribution is 5.28. The second-order valence-electron chi connectivity index (χ2n) is 5.11. The fourth-order valence-electron chi connectivity index (χ4n) is 2.35. The van der Waals surface area contributed by atoms with E-state index in [2.05, 4.69) is 4.90 Å². The van der Waals surface area contributed by atoms with E-state index >= 15 is 0 Å². The van der Waals surface area contributed by atoms with Crippen LogP contribution in [-0.4, -0.2) is 31.1 Å². The van der Waals surface area contributed by atoms with E-state index in [4.69, 9.17) is 10.5 Å². The maximum atomic E-state index is 5.81. The molecule has 1 aromatic carbocycles. The van der Waals surface area contributed by atoms with Crippen LogP contribution < -0.4 is 10.5 Å². The predicted molar refractivity (Wildman–Crippen MR) is 74.8 cm³/mol. The summed E-state index contributed by atoms with van der Waals surface area (Å²) in [6.45, 7) is 6.49. The van der Waals surface area contributed by atoms with Crippen molar-refractivity contribution in [1.82, 2.24) is 4.90 Å². The Balaban J connectivity index is 1.66. The Bertz CT molecular complexity index is 342. The molecule has 0 aliphatic carbocycles. The van der Waals surface area contributed by atoms with Crippen molar-refractivity contribution in [3.8, 4) is 5.75 Å². The van der Waals surface area contributed by atoms with E-state index in [0.29, 0.717) is 0 Å². The second-order valence-corrected chi connectivity index (χ2v) is 5.11. The van der Waals surface area contributed by atoms with Crippen LogP contribution in [0.5, 0.6) is 5.75 Å². The molecule has 1 heterocycles. The van der Waals surface area contributed by atoms with Crippen molar-refractivity contribution in [1.29, 1.82) is 0 Å². The van der Waals surface area contributed by atoms with E-state index in [0.717, 1.165) is 30.9 Å². The molecule has 100 valence electrons. The molecule has 3 nitrogen and oxygen atoms in total. The third kappa shape index (κ3) is 4.00. The minimum atomic E-state index is 0.0919. The lowest BCUT2D eigenvalue weighted by atomic mass is 10.1. The van der Waals surface area contributed by atoms with Crippen LogP contribution in [0.25, 0.3) is 0 Å². The standard InChI is InChI=1S/C15H24N2O/c1-13(16)14-5-7-15(8-6-14)18-12-4-11-17-9-2-3-10-17/h5-8,13H,2-4,9-12,16H2,1H3/t13-/m1/s1. The number of hydrogen-bond donors (Lipinski definition) is 1. The zero-order valence-corrected chi connectivity index (χ0v) is 11.3. The number of likely N-dealkylation sites (tertiary alicyclic amines) is 1. The van der Waals surface area contributed by atoms with Crippen LogP contribution in [0.15, 0.2) is 24.3 Å². The summed E-state index contributed by atoms with van der Waals surface area (Å²) in [4.78, 5) is 2.52. The molecule has 0 radical (unpaired) electrons. The van der Waals surface area contributed by atoms with Crippen molar-refractivity contribution in [3.63, 3.8) is 0 Å². The van der Waals surface area contributed by atoms with Gasteiger partial charge in [-0.1, -0.05) is 12.1 Å². The van der Waals surface area contributed by atoms with Gasteiger partial charge in [0.1, 0.15) is 5.75 Å². The Morgan fingerprint density at radius 2 is 1.89 bits per heavy atom. The molecular formula is C15H24N2O. The molecule has 1 aliphatic heterocycles. The van der Waals surface area contributed by atoms with E-state index in [-0.39, 0.29) is 6.04 Å². The summed E-state index contributed by atoms with van der Waals surface area (Å²) >= 11 is 0. The van der Waals surface area contributed by atoms with Crippen molar-refractivity contribution in [2.75, 3.05) is 26.2 Å². The predicted octanol–water partition coefficient (Wildman–Crippen LogP) is 2.57. The summed E-state index contributed by atoms with van der Waals surface area (Å²) in [5.74, 6) is 0.945. The molecule has 1 aromatic rings. The lowest BCUT2D eigenvalue weighted by Gasteiger charge is -2.14. The SMILES string of the molecule is C[C@@H](N)c1ccc(OCCCN2CCCC2)cc1. The maximum Gasteiger partial charge on any atom is 0.119 e. The van der Waals surface area contributed by atoms with Crippen molar-refractivity contribution >= 4 is 0 Å². The van der Waals surface area contributed by atoms with Crippen LogP contribution in [-0.2, 0) is 0 Å². The Morgan fingerprint density at radius 3 is 2.50 bits per heavy atom. The highest BCUT2D eigenvalue weighted by Crippen LogP contribution is 2.16. The normalized spacial score (nSPS) is 17.9. The third-order valence-corrected chi connectivity index (χ3v) is 3.49. The number of ether oxygens (including phenoxy) is 1. The molecule has 1 saturated heterocycles. The van der Waals surface area contributed by atoms with Crippen LogP contribution in [0.2, 0.25) is 0 Å². The van der Waals surface area contributed by atoms with Gasteiger partial charge in [0.15, 0.2) is 0 Å². The van der Waals surface area contributed by atoms with Crippen LogP contribution >= 0.6 is 0 Å². The highest BCUT2D eigenvalue weighted by atomic mass is 16.5. The number of hydrogen-bond acceptors (Lipinski definition) is 3. The van der Waals surface area contributed by atoms with Gasteiger partial charge in [0.2, 0.25) is 0 Å². The Kier molecular flexibility index (Phi) is 5.02. The zero-order valence-electron chi connectivity index (χ0n) is 11.3. The average Bonchev–Trinajstić information content (AvgIpc) is 2.88. The molecule has 0 spiro atoms. The van der Waals surface area contributed by atoms with E-state index < -0.39 is 0 Å². The van der Waals surface area contributed by atoms with Crippen molar-refractivity contribution in [2.24, 2.45) is 5.73 Å². The lowest BCUT2D eigenvalue weighted by molar-refractivity contribution is 0.263. The lowest BCUT2D eigenvalue weighted by Crippen LogP contribution is -2.21. The van der Waals surface area contributed by atoms with Crippen molar-refractivity contribution < 1.29 is 4.74 Å². The first-order chi connectivity index (χ1) is 8.75. The van der Waals surface area contributed by atoms with E-state index in [1.807, 2.05) is 31.2 Å². The summed E-state index contributed by atoms with van der Waals surface area (Å²) in [6, 6.07) is 8.19. The van der Waals surface area contributed by atoms with Crippen molar-refractivity contribution in [3.05, 3.63) is 29.8 Å². The molecule has 0 aromatic heterocycles. The minimum Gasteiger partial charge on any atom is -0.494 e. The van der Waals surface area contributed by atoms with Crippen LogP contribution in [0.1, 0.15) is 37.8 Å². The van der Waals surface area contributed by atoms with Gasteiger partial charge in [-0.15, -0.1) is 0 Å². The molecule has 0 amide bonds. The van der Waals surface area contributed by atoms with Crippen LogP contribution in [0.3, 0.4) is 0 Å². The van der Waals surface area contributed by atoms with Gasteiger partial charge in [0.05, 0.1) is 6.61 Å². The number of rotatable bonds is 6. The van der Waals surface area contributed by atoms with Gasteiger partial charge < -0.3 is 15.4 Å². The molecule has 0 unspecified atom stereocenters. The first-order valence-electron chi connectivity index (χ1n) is 6.96. The summed E-state index contributed by atoms with van der Waals surface area (Å²) in [6.07, 6.45) is 3.83. The second kappa shape index (κ2) is 6.76. The molecule has 0 bridgehead atoms.